The Balaban J connectivity index is 0.00000109. The fourth-order valence-electron chi connectivity index (χ4n) is 2.53. The molecule has 0 fully saturated rings. The van der Waals surface area contributed by atoms with Crippen LogP contribution in [0.1, 0.15) is 30.5 Å². The maximum absolute atomic E-state index is 12.2. The largest absolute Gasteiger partial charge is 0.398 e. The molecule has 0 saturated heterocycles. The Labute approximate surface area is 147 Å². The van der Waals surface area contributed by atoms with E-state index in [0.29, 0.717) is 17.7 Å². The number of hydrogen-bond donors (Lipinski definition) is 2. The van der Waals surface area contributed by atoms with E-state index in [1.165, 1.54) is 0 Å². The molecule has 0 spiro atoms. The zero-order valence-corrected chi connectivity index (χ0v) is 14.5. The molecule has 128 valence electrons. The van der Waals surface area contributed by atoms with Gasteiger partial charge in [0.1, 0.15) is 6.29 Å². The Kier molecular flexibility index (Phi) is 6.29. The number of aromatic nitrogens is 1. The van der Waals surface area contributed by atoms with Gasteiger partial charge in [-0.1, -0.05) is 56.3 Å². The van der Waals surface area contributed by atoms with Crippen LogP contribution in [-0.2, 0) is 11.2 Å². The van der Waals surface area contributed by atoms with E-state index >= 15 is 0 Å². The average molecular weight is 334 g/mol. The topological polar surface area (TPSA) is 76.0 Å². The summed E-state index contributed by atoms with van der Waals surface area (Å²) >= 11 is 0. The monoisotopic (exact) mass is 334 g/mol. The van der Waals surface area contributed by atoms with Crippen LogP contribution < -0.4 is 11.3 Å². The van der Waals surface area contributed by atoms with Gasteiger partial charge >= 0.3 is 0 Å². The fraction of sp³-hybridized carbons (Fsp3) is 0.143. The van der Waals surface area contributed by atoms with Gasteiger partial charge in [-0.05, 0) is 34.7 Å². The molecule has 4 nitrogen and oxygen atoms in total. The first-order chi connectivity index (χ1) is 12.2. The van der Waals surface area contributed by atoms with Gasteiger partial charge in [-0.2, -0.15) is 0 Å². The minimum Gasteiger partial charge on any atom is -0.398 e. The Morgan fingerprint density at radius 2 is 1.84 bits per heavy atom. The zero-order valence-electron chi connectivity index (χ0n) is 14.5. The van der Waals surface area contributed by atoms with Gasteiger partial charge in [0.05, 0.1) is 5.56 Å². The fourth-order valence-corrected chi connectivity index (χ4v) is 2.53. The number of nitrogens with one attached hydrogen (secondary N) is 1. The van der Waals surface area contributed by atoms with E-state index < -0.39 is 0 Å². The predicted molar refractivity (Wildman–Crippen MR) is 104 cm³/mol. The molecule has 3 N–H and O–H groups in total. The third-order valence-electron chi connectivity index (χ3n) is 3.66. The van der Waals surface area contributed by atoms with Crippen LogP contribution in [0, 0.1) is 0 Å². The molecule has 1 heterocycles. The van der Waals surface area contributed by atoms with Crippen LogP contribution in [0.2, 0.25) is 0 Å². The van der Waals surface area contributed by atoms with Gasteiger partial charge in [0, 0.05) is 17.6 Å². The van der Waals surface area contributed by atoms with Gasteiger partial charge in [0.2, 0.25) is 0 Å². The second kappa shape index (κ2) is 8.64. The smallest absolute Gasteiger partial charge is 0.257 e. The number of benzene rings is 2. The van der Waals surface area contributed by atoms with E-state index in [1.807, 2.05) is 62.4 Å². The van der Waals surface area contributed by atoms with E-state index in [4.69, 9.17) is 5.73 Å². The van der Waals surface area contributed by atoms with E-state index in [1.54, 1.807) is 12.1 Å². The van der Waals surface area contributed by atoms with Gasteiger partial charge in [0.15, 0.2) is 0 Å². The van der Waals surface area contributed by atoms with Crippen molar-refractivity contribution in [3.63, 3.8) is 0 Å². The number of hydrogen-bond acceptors (Lipinski definition) is 3. The molecule has 0 radical (unpaired) electrons. The van der Waals surface area contributed by atoms with Crippen LogP contribution in [-0.4, -0.2) is 11.3 Å². The van der Waals surface area contributed by atoms with Gasteiger partial charge in [-0.25, -0.2) is 0 Å². The minimum atomic E-state index is -0.221. The van der Waals surface area contributed by atoms with Gasteiger partial charge in [0.25, 0.3) is 5.56 Å². The molecule has 0 bridgehead atoms. The summed E-state index contributed by atoms with van der Waals surface area (Å²) < 4.78 is 0. The first-order valence-corrected chi connectivity index (χ1v) is 8.29. The van der Waals surface area contributed by atoms with E-state index in [9.17, 15) is 9.59 Å². The van der Waals surface area contributed by atoms with Gasteiger partial charge in [-0.3, -0.25) is 4.79 Å². The summed E-state index contributed by atoms with van der Waals surface area (Å²) in [5.41, 5.74) is 9.26. The van der Waals surface area contributed by atoms with Crippen molar-refractivity contribution in [2.75, 3.05) is 0 Å². The molecule has 2 aromatic carbocycles. The first kappa shape index (κ1) is 18.2. The van der Waals surface area contributed by atoms with Gasteiger partial charge < -0.3 is 15.5 Å². The van der Waals surface area contributed by atoms with Crippen LogP contribution >= 0.6 is 0 Å². The van der Waals surface area contributed by atoms with E-state index in [0.717, 1.165) is 28.3 Å². The third-order valence-corrected chi connectivity index (χ3v) is 3.66. The molecular formula is C21H22N2O2. The molecule has 0 unspecified atom stereocenters. The van der Waals surface area contributed by atoms with Crippen molar-refractivity contribution in [2.24, 2.45) is 5.73 Å². The molecule has 4 heteroatoms. The molecule has 25 heavy (non-hydrogen) atoms. The van der Waals surface area contributed by atoms with Crippen molar-refractivity contribution >= 4 is 29.0 Å². The summed E-state index contributed by atoms with van der Waals surface area (Å²) in [6, 6.07) is 16.9. The third kappa shape index (κ3) is 4.44. The molecule has 0 aliphatic carbocycles. The lowest BCUT2D eigenvalue weighted by Gasteiger charge is -2.05. The number of para-hydroxylation sites is 1. The Morgan fingerprint density at radius 3 is 2.60 bits per heavy atom. The summed E-state index contributed by atoms with van der Waals surface area (Å²) in [4.78, 5) is 25.7. The zero-order chi connectivity index (χ0) is 18.2. The van der Waals surface area contributed by atoms with Crippen LogP contribution in [0.25, 0.3) is 22.7 Å². The molecule has 0 amide bonds. The number of H-pyrrole nitrogens is 1. The summed E-state index contributed by atoms with van der Waals surface area (Å²) in [6.45, 7) is 4.00. The quantitative estimate of drug-likeness (QED) is 0.713. The Morgan fingerprint density at radius 1 is 1.08 bits per heavy atom. The molecule has 0 atom stereocenters. The molecule has 1 aromatic heterocycles. The highest BCUT2D eigenvalue weighted by atomic mass is 16.1. The van der Waals surface area contributed by atoms with Crippen molar-refractivity contribution < 1.29 is 4.79 Å². The Bertz CT molecular complexity index is 955. The van der Waals surface area contributed by atoms with Crippen LogP contribution in [0.15, 0.2) is 59.4 Å². The summed E-state index contributed by atoms with van der Waals surface area (Å²) in [5.74, 6) is 0. The number of carbonyl (C=O) groups is 1. The Hall–Kier alpha value is -3.14. The lowest BCUT2D eigenvalue weighted by Crippen LogP contribution is -2.14. The lowest BCUT2D eigenvalue weighted by molar-refractivity contribution is -0.107. The van der Waals surface area contributed by atoms with Crippen LogP contribution in [0.5, 0.6) is 0 Å². The number of nitrogens with two attached hydrogens (primary N) is 1. The van der Waals surface area contributed by atoms with E-state index in [-0.39, 0.29) is 5.56 Å². The highest BCUT2D eigenvalue weighted by Gasteiger charge is 2.05. The van der Waals surface area contributed by atoms with E-state index in [2.05, 4.69) is 4.98 Å². The molecule has 0 aliphatic rings. The van der Waals surface area contributed by atoms with Crippen LogP contribution in [0.3, 0.4) is 0 Å². The van der Waals surface area contributed by atoms with Crippen molar-refractivity contribution in [3.8, 4) is 0 Å². The second-order valence-electron chi connectivity index (χ2n) is 5.31. The first-order valence-electron chi connectivity index (χ1n) is 8.29. The van der Waals surface area contributed by atoms with Crippen LogP contribution in [0.4, 0.5) is 0 Å². The highest BCUT2D eigenvalue weighted by molar-refractivity contribution is 5.86. The molecule has 0 aliphatic heterocycles. The number of fused-ring (bicyclic) bond motifs is 1. The lowest BCUT2D eigenvalue weighted by atomic mass is 10.1. The molecule has 3 aromatic rings. The summed E-state index contributed by atoms with van der Waals surface area (Å²) in [6.07, 6.45) is 2.96. The second-order valence-corrected chi connectivity index (χ2v) is 5.31. The number of carbonyl (C=O) groups excluding carboxylic acids is 1. The maximum Gasteiger partial charge on any atom is 0.257 e. The molecular weight excluding hydrogens is 312 g/mol. The summed E-state index contributed by atoms with van der Waals surface area (Å²) in [7, 11) is 0. The van der Waals surface area contributed by atoms with Crippen molar-refractivity contribution in [2.45, 2.75) is 20.3 Å². The predicted octanol–water partition coefficient (Wildman–Crippen LogP) is 3.75. The average Bonchev–Trinajstić information content (AvgIpc) is 2.63. The normalized spacial score (nSPS) is 10.9. The van der Waals surface area contributed by atoms with Crippen molar-refractivity contribution in [1.29, 1.82) is 0 Å². The highest BCUT2D eigenvalue weighted by Crippen LogP contribution is 2.16. The SMILES string of the molecule is CC.N/C(=C\c1cccc(CC=O)c1)c1cc2ccccc2[nH]c1=O. The minimum absolute atomic E-state index is 0.221. The number of pyridine rings is 1. The standard InChI is InChI=1S/C19H16N2O2.C2H6/c20-17(11-14-5-3-4-13(10-14)8-9-22)16-12-15-6-1-2-7-18(15)21-19(16)23;1-2/h1-7,9-12H,8,20H2,(H,21,23);1-2H3/b17-11-;. The summed E-state index contributed by atoms with van der Waals surface area (Å²) in [5, 5.41) is 0.924. The van der Waals surface area contributed by atoms with Crippen molar-refractivity contribution in [3.05, 3.63) is 81.6 Å². The number of aromatic amines is 1. The molecule has 0 saturated carbocycles. The maximum atomic E-state index is 12.2. The number of rotatable bonds is 4. The number of aldehydes is 1. The van der Waals surface area contributed by atoms with Gasteiger partial charge in [-0.15, -0.1) is 0 Å². The van der Waals surface area contributed by atoms with Crippen molar-refractivity contribution in [1.82, 2.24) is 4.98 Å². The molecule has 3 rings (SSSR count).